The van der Waals surface area contributed by atoms with Crippen LogP contribution >= 0.6 is 0 Å². The SMILES string of the molecule is O=C(C1COc2ccccc2O1)N1CCN(S(=O)(=O)c2ccc(F)c(F)c2)CC1. The van der Waals surface area contributed by atoms with Crippen molar-refractivity contribution in [3.05, 3.63) is 54.1 Å². The molecule has 2 aromatic rings. The summed E-state index contributed by atoms with van der Waals surface area (Å²) >= 11 is 0. The molecule has 2 aliphatic rings. The summed E-state index contributed by atoms with van der Waals surface area (Å²) in [5, 5.41) is 0. The second kappa shape index (κ2) is 7.60. The number of rotatable bonds is 3. The van der Waals surface area contributed by atoms with Gasteiger partial charge in [-0.1, -0.05) is 12.1 Å². The number of benzene rings is 2. The van der Waals surface area contributed by atoms with Gasteiger partial charge in [0.25, 0.3) is 5.91 Å². The molecular formula is C19H18F2N2O5S. The average molecular weight is 424 g/mol. The number of ether oxygens (including phenoxy) is 2. The van der Waals surface area contributed by atoms with Gasteiger partial charge in [0, 0.05) is 26.2 Å². The summed E-state index contributed by atoms with van der Waals surface area (Å²) in [6.07, 6.45) is -0.806. The highest BCUT2D eigenvalue weighted by atomic mass is 32.2. The van der Waals surface area contributed by atoms with Crippen molar-refractivity contribution < 1.29 is 31.5 Å². The lowest BCUT2D eigenvalue weighted by Gasteiger charge is -2.36. The van der Waals surface area contributed by atoms with Crippen LogP contribution in [0.2, 0.25) is 0 Å². The van der Waals surface area contributed by atoms with Gasteiger partial charge in [-0.2, -0.15) is 4.31 Å². The Bertz CT molecular complexity index is 1040. The van der Waals surface area contributed by atoms with Crippen LogP contribution in [-0.4, -0.2) is 62.4 Å². The molecule has 2 aromatic carbocycles. The van der Waals surface area contributed by atoms with Gasteiger partial charge in [-0.05, 0) is 30.3 Å². The number of carbonyl (C=O) groups is 1. The average Bonchev–Trinajstić information content (AvgIpc) is 2.74. The third kappa shape index (κ3) is 3.77. The molecule has 1 saturated heterocycles. The molecular weight excluding hydrogens is 406 g/mol. The number of hydrogen-bond acceptors (Lipinski definition) is 5. The fourth-order valence-electron chi connectivity index (χ4n) is 3.28. The first-order chi connectivity index (χ1) is 13.9. The van der Waals surface area contributed by atoms with E-state index in [4.69, 9.17) is 9.47 Å². The Morgan fingerprint density at radius 2 is 1.66 bits per heavy atom. The lowest BCUT2D eigenvalue weighted by molar-refractivity contribution is -0.142. The van der Waals surface area contributed by atoms with Crippen molar-refractivity contribution >= 4 is 15.9 Å². The van der Waals surface area contributed by atoms with Gasteiger partial charge in [0.15, 0.2) is 23.1 Å². The van der Waals surface area contributed by atoms with Crippen LogP contribution in [0, 0.1) is 11.6 Å². The molecule has 0 spiro atoms. The molecule has 0 radical (unpaired) electrons. The highest BCUT2D eigenvalue weighted by Gasteiger charge is 2.35. The Morgan fingerprint density at radius 3 is 2.34 bits per heavy atom. The van der Waals surface area contributed by atoms with Crippen LogP contribution < -0.4 is 9.47 Å². The van der Waals surface area contributed by atoms with E-state index >= 15 is 0 Å². The molecule has 1 atom stereocenters. The number of halogens is 2. The number of piperazine rings is 1. The number of para-hydroxylation sites is 2. The Hall–Kier alpha value is -2.72. The normalized spacial score (nSPS) is 19.8. The molecule has 7 nitrogen and oxygen atoms in total. The zero-order chi connectivity index (χ0) is 20.6. The maximum atomic E-state index is 13.4. The van der Waals surface area contributed by atoms with E-state index in [-0.39, 0.29) is 43.6 Å². The van der Waals surface area contributed by atoms with Crippen molar-refractivity contribution in [1.29, 1.82) is 0 Å². The Labute approximate surface area is 166 Å². The van der Waals surface area contributed by atoms with Gasteiger partial charge in [0.1, 0.15) is 6.61 Å². The van der Waals surface area contributed by atoms with Crippen LogP contribution in [0.5, 0.6) is 11.5 Å². The fourth-order valence-corrected chi connectivity index (χ4v) is 4.71. The number of fused-ring (bicyclic) bond motifs is 1. The van der Waals surface area contributed by atoms with Crippen LogP contribution in [0.25, 0.3) is 0 Å². The van der Waals surface area contributed by atoms with E-state index in [1.54, 1.807) is 24.3 Å². The van der Waals surface area contributed by atoms with E-state index in [1.807, 2.05) is 0 Å². The van der Waals surface area contributed by atoms with E-state index in [2.05, 4.69) is 0 Å². The van der Waals surface area contributed by atoms with Crippen LogP contribution in [0.3, 0.4) is 0 Å². The van der Waals surface area contributed by atoms with Crippen LogP contribution in [0.1, 0.15) is 0 Å². The fraction of sp³-hybridized carbons (Fsp3) is 0.316. The lowest BCUT2D eigenvalue weighted by Crippen LogP contribution is -2.55. The maximum absolute atomic E-state index is 13.4. The summed E-state index contributed by atoms with van der Waals surface area (Å²) in [6, 6.07) is 9.50. The highest BCUT2D eigenvalue weighted by Crippen LogP contribution is 2.31. The van der Waals surface area contributed by atoms with Gasteiger partial charge >= 0.3 is 0 Å². The monoisotopic (exact) mass is 424 g/mol. The second-order valence-electron chi connectivity index (χ2n) is 6.67. The Kier molecular flexibility index (Phi) is 5.13. The predicted octanol–water partition coefficient (Wildman–Crippen LogP) is 1.64. The van der Waals surface area contributed by atoms with Crippen molar-refractivity contribution in [3.63, 3.8) is 0 Å². The molecule has 0 aromatic heterocycles. The number of sulfonamides is 1. The quantitative estimate of drug-likeness (QED) is 0.749. The smallest absolute Gasteiger partial charge is 0.267 e. The van der Waals surface area contributed by atoms with Gasteiger partial charge in [0.2, 0.25) is 16.1 Å². The Morgan fingerprint density at radius 1 is 0.966 bits per heavy atom. The zero-order valence-corrected chi connectivity index (χ0v) is 16.1. The van der Waals surface area contributed by atoms with Crippen molar-refractivity contribution in [2.75, 3.05) is 32.8 Å². The standard InChI is InChI=1S/C19H18F2N2O5S/c20-14-6-5-13(11-15(14)21)29(25,26)23-9-7-22(8-10-23)19(24)18-12-27-16-3-1-2-4-17(16)28-18/h1-6,11,18H,7-10,12H2. The van der Waals surface area contributed by atoms with Crippen LogP contribution in [-0.2, 0) is 14.8 Å². The summed E-state index contributed by atoms with van der Waals surface area (Å²) in [7, 11) is -3.98. The molecule has 10 heteroatoms. The molecule has 1 fully saturated rings. The second-order valence-corrected chi connectivity index (χ2v) is 8.61. The van der Waals surface area contributed by atoms with Gasteiger partial charge in [-0.15, -0.1) is 0 Å². The minimum Gasteiger partial charge on any atom is -0.485 e. The van der Waals surface area contributed by atoms with E-state index in [0.29, 0.717) is 17.6 Å². The molecule has 4 rings (SSSR count). The van der Waals surface area contributed by atoms with Gasteiger partial charge in [0.05, 0.1) is 4.90 Å². The van der Waals surface area contributed by atoms with Crippen molar-refractivity contribution in [2.45, 2.75) is 11.0 Å². The van der Waals surface area contributed by atoms with E-state index in [9.17, 15) is 22.0 Å². The molecule has 2 heterocycles. The summed E-state index contributed by atoms with van der Waals surface area (Å²) in [5.74, 6) is -1.58. The molecule has 1 unspecified atom stereocenters. The summed E-state index contributed by atoms with van der Waals surface area (Å²) < 4.78 is 64.2. The highest BCUT2D eigenvalue weighted by molar-refractivity contribution is 7.89. The third-order valence-electron chi connectivity index (χ3n) is 4.86. The van der Waals surface area contributed by atoms with E-state index in [0.717, 1.165) is 16.4 Å². The minimum atomic E-state index is -3.98. The topological polar surface area (TPSA) is 76.2 Å². The molecule has 29 heavy (non-hydrogen) atoms. The molecule has 154 valence electrons. The molecule has 0 bridgehead atoms. The van der Waals surface area contributed by atoms with Crippen LogP contribution in [0.4, 0.5) is 8.78 Å². The molecule has 0 saturated carbocycles. The largest absolute Gasteiger partial charge is 0.485 e. The van der Waals surface area contributed by atoms with E-state index < -0.39 is 27.8 Å². The first-order valence-electron chi connectivity index (χ1n) is 8.99. The third-order valence-corrected chi connectivity index (χ3v) is 6.76. The number of hydrogen-bond donors (Lipinski definition) is 0. The van der Waals surface area contributed by atoms with E-state index in [1.165, 1.54) is 4.90 Å². The molecule has 1 amide bonds. The van der Waals surface area contributed by atoms with Gasteiger partial charge < -0.3 is 14.4 Å². The van der Waals surface area contributed by atoms with Gasteiger partial charge in [-0.25, -0.2) is 17.2 Å². The van der Waals surface area contributed by atoms with Crippen molar-refractivity contribution in [3.8, 4) is 11.5 Å². The Balaban J connectivity index is 1.40. The zero-order valence-electron chi connectivity index (χ0n) is 15.3. The summed E-state index contributed by atoms with van der Waals surface area (Å²) in [4.78, 5) is 13.9. The number of amides is 1. The predicted molar refractivity (Wildman–Crippen MR) is 98.0 cm³/mol. The molecule has 0 aliphatic carbocycles. The summed E-state index contributed by atoms with van der Waals surface area (Å²) in [5.41, 5.74) is 0. The maximum Gasteiger partial charge on any atom is 0.267 e. The number of nitrogens with zero attached hydrogens (tertiary/aromatic N) is 2. The number of carbonyl (C=O) groups excluding carboxylic acids is 1. The first kappa shape index (κ1) is 19.6. The van der Waals surface area contributed by atoms with Crippen LogP contribution in [0.15, 0.2) is 47.4 Å². The lowest BCUT2D eigenvalue weighted by atomic mass is 10.2. The molecule has 2 aliphatic heterocycles. The van der Waals surface area contributed by atoms with Gasteiger partial charge in [-0.3, -0.25) is 4.79 Å². The summed E-state index contributed by atoms with van der Waals surface area (Å²) in [6.45, 7) is 0.462. The molecule has 0 N–H and O–H groups in total. The van der Waals surface area contributed by atoms with Crippen molar-refractivity contribution in [2.24, 2.45) is 0 Å². The first-order valence-corrected chi connectivity index (χ1v) is 10.4. The minimum absolute atomic E-state index is 0.0389. The van der Waals surface area contributed by atoms with Crippen molar-refractivity contribution in [1.82, 2.24) is 9.21 Å².